The van der Waals surface area contributed by atoms with E-state index in [-0.39, 0.29) is 11.2 Å². The number of aryl methyl sites for hydroxylation is 1. The number of nitrogens with one attached hydrogen (secondary N) is 1. The fraction of sp³-hybridized carbons (Fsp3) is 0.400. The molecule has 1 aromatic carbocycles. The SMILES string of the molecule is Cc1nn2c(nc1=O)-c1ccccc1NC21CCCC1. The normalized spacial score (nSPS) is 18.4. The van der Waals surface area contributed by atoms with Crippen molar-refractivity contribution in [1.82, 2.24) is 14.8 Å². The molecule has 1 aliphatic heterocycles. The summed E-state index contributed by atoms with van der Waals surface area (Å²) in [5.41, 5.74) is 2.01. The van der Waals surface area contributed by atoms with Crippen LogP contribution < -0.4 is 10.9 Å². The Kier molecular flexibility index (Phi) is 2.28. The first-order valence-corrected chi connectivity index (χ1v) is 7.06. The van der Waals surface area contributed by atoms with E-state index in [4.69, 9.17) is 0 Å². The summed E-state index contributed by atoms with van der Waals surface area (Å²) < 4.78 is 1.94. The summed E-state index contributed by atoms with van der Waals surface area (Å²) in [6.45, 7) is 1.73. The molecule has 1 aromatic heterocycles. The van der Waals surface area contributed by atoms with E-state index in [1.807, 2.05) is 28.9 Å². The van der Waals surface area contributed by atoms with Crippen LogP contribution in [-0.2, 0) is 5.66 Å². The van der Waals surface area contributed by atoms with E-state index in [9.17, 15) is 4.79 Å². The van der Waals surface area contributed by atoms with E-state index in [1.54, 1.807) is 6.92 Å². The third-order valence-corrected chi connectivity index (χ3v) is 4.34. The molecule has 2 aliphatic rings. The van der Waals surface area contributed by atoms with Gasteiger partial charge >= 0.3 is 0 Å². The first kappa shape index (κ1) is 11.6. The van der Waals surface area contributed by atoms with Crippen LogP contribution in [-0.4, -0.2) is 14.8 Å². The molecular weight excluding hydrogens is 252 g/mol. The molecule has 0 unspecified atom stereocenters. The zero-order valence-corrected chi connectivity index (χ0v) is 11.4. The molecule has 1 N–H and O–H groups in total. The third kappa shape index (κ3) is 1.46. The summed E-state index contributed by atoms with van der Waals surface area (Å²) in [5, 5.41) is 8.16. The van der Waals surface area contributed by atoms with Gasteiger partial charge in [0.15, 0.2) is 5.82 Å². The van der Waals surface area contributed by atoms with Crippen molar-refractivity contribution in [3.05, 3.63) is 40.3 Å². The summed E-state index contributed by atoms with van der Waals surface area (Å²) in [6.07, 6.45) is 4.37. The molecule has 5 nitrogen and oxygen atoms in total. The summed E-state index contributed by atoms with van der Waals surface area (Å²) in [4.78, 5) is 16.2. The van der Waals surface area contributed by atoms with Gasteiger partial charge in [-0.15, -0.1) is 0 Å². The molecule has 0 radical (unpaired) electrons. The maximum Gasteiger partial charge on any atom is 0.294 e. The Balaban J connectivity index is 2.05. The molecular formula is C15H16N4O. The number of rotatable bonds is 0. The summed E-state index contributed by atoms with van der Waals surface area (Å²) in [6, 6.07) is 8.00. The van der Waals surface area contributed by atoms with Crippen LogP contribution in [0.4, 0.5) is 5.69 Å². The van der Waals surface area contributed by atoms with Crippen molar-refractivity contribution < 1.29 is 0 Å². The molecule has 1 saturated carbocycles. The van der Waals surface area contributed by atoms with Gasteiger partial charge in [-0.3, -0.25) is 4.79 Å². The topological polar surface area (TPSA) is 59.8 Å². The van der Waals surface area contributed by atoms with Gasteiger partial charge in [-0.2, -0.15) is 10.1 Å². The Morgan fingerprint density at radius 2 is 2.00 bits per heavy atom. The molecule has 5 heteroatoms. The lowest BCUT2D eigenvalue weighted by molar-refractivity contribution is 0.297. The van der Waals surface area contributed by atoms with Crippen LogP contribution in [0.5, 0.6) is 0 Å². The molecule has 2 aromatic rings. The Morgan fingerprint density at radius 1 is 1.25 bits per heavy atom. The zero-order chi connectivity index (χ0) is 13.7. The van der Waals surface area contributed by atoms with Gasteiger partial charge in [0.2, 0.25) is 0 Å². The average molecular weight is 268 g/mol. The second-order valence-electron chi connectivity index (χ2n) is 5.65. The summed E-state index contributed by atoms with van der Waals surface area (Å²) in [7, 11) is 0. The number of anilines is 1. The molecule has 4 rings (SSSR count). The Bertz CT molecular complexity index is 744. The molecule has 2 heterocycles. The second kappa shape index (κ2) is 3.91. The predicted molar refractivity (Wildman–Crippen MR) is 76.5 cm³/mol. The number of benzene rings is 1. The van der Waals surface area contributed by atoms with Crippen molar-refractivity contribution in [2.45, 2.75) is 38.3 Å². The average Bonchev–Trinajstić information content (AvgIpc) is 2.90. The van der Waals surface area contributed by atoms with Gasteiger partial charge < -0.3 is 5.32 Å². The second-order valence-corrected chi connectivity index (χ2v) is 5.65. The highest BCUT2D eigenvalue weighted by atomic mass is 16.1. The Labute approximate surface area is 116 Å². The van der Waals surface area contributed by atoms with Crippen LogP contribution in [0.15, 0.2) is 29.1 Å². The van der Waals surface area contributed by atoms with Gasteiger partial charge in [-0.05, 0) is 44.7 Å². The lowest BCUT2D eigenvalue weighted by atomic mass is 10.0. The van der Waals surface area contributed by atoms with Gasteiger partial charge in [0.05, 0.1) is 0 Å². The van der Waals surface area contributed by atoms with E-state index in [0.29, 0.717) is 11.5 Å². The number of fused-ring (bicyclic) bond motifs is 4. The molecule has 0 saturated heterocycles. The van der Waals surface area contributed by atoms with E-state index < -0.39 is 0 Å². The van der Waals surface area contributed by atoms with E-state index in [1.165, 1.54) is 12.8 Å². The van der Waals surface area contributed by atoms with Crippen LogP contribution in [0.25, 0.3) is 11.4 Å². The number of hydrogen-bond acceptors (Lipinski definition) is 4. The summed E-state index contributed by atoms with van der Waals surface area (Å²) in [5.74, 6) is 0.692. The molecule has 20 heavy (non-hydrogen) atoms. The maximum atomic E-state index is 11.9. The monoisotopic (exact) mass is 268 g/mol. The molecule has 102 valence electrons. The summed E-state index contributed by atoms with van der Waals surface area (Å²) >= 11 is 0. The lowest BCUT2D eigenvalue weighted by Gasteiger charge is -2.39. The minimum atomic E-state index is -0.235. The quantitative estimate of drug-likeness (QED) is 0.796. The molecule has 0 atom stereocenters. The maximum absolute atomic E-state index is 11.9. The van der Waals surface area contributed by atoms with Crippen LogP contribution >= 0.6 is 0 Å². The van der Waals surface area contributed by atoms with Gasteiger partial charge in [0, 0.05) is 11.3 Å². The minimum absolute atomic E-state index is 0.213. The van der Waals surface area contributed by atoms with Gasteiger partial charge in [0.1, 0.15) is 11.4 Å². The smallest absolute Gasteiger partial charge is 0.294 e. The third-order valence-electron chi connectivity index (χ3n) is 4.34. The number of aromatic nitrogens is 3. The number of nitrogens with zero attached hydrogens (tertiary/aromatic N) is 3. The van der Waals surface area contributed by atoms with Crippen LogP contribution in [0, 0.1) is 6.92 Å². The standard InChI is InChI=1S/C15H16N4O/c1-10-14(20)16-13-11-6-2-3-7-12(11)17-15(19(13)18-10)8-4-5-9-15/h2-3,6-7,17H,4-5,8-9H2,1H3. The first-order chi connectivity index (χ1) is 9.70. The zero-order valence-electron chi connectivity index (χ0n) is 11.4. The minimum Gasteiger partial charge on any atom is -0.361 e. The first-order valence-electron chi connectivity index (χ1n) is 7.06. The van der Waals surface area contributed by atoms with Crippen molar-refractivity contribution in [2.75, 3.05) is 5.32 Å². The lowest BCUT2D eigenvalue weighted by Crippen LogP contribution is -2.45. The van der Waals surface area contributed by atoms with E-state index >= 15 is 0 Å². The van der Waals surface area contributed by atoms with Crippen LogP contribution in [0.2, 0.25) is 0 Å². The van der Waals surface area contributed by atoms with Crippen LogP contribution in [0.1, 0.15) is 31.4 Å². The fourth-order valence-electron chi connectivity index (χ4n) is 3.32. The van der Waals surface area contributed by atoms with Gasteiger partial charge in [0.25, 0.3) is 5.56 Å². The van der Waals surface area contributed by atoms with Crippen molar-refractivity contribution in [3.8, 4) is 11.4 Å². The molecule has 1 aliphatic carbocycles. The highest BCUT2D eigenvalue weighted by Gasteiger charge is 2.41. The largest absolute Gasteiger partial charge is 0.361 e. The van der Waals surface area contributed by atoms with Crippen LogP contribution in [0.3, 0.4) is 0 Å². The highest BCUT2D eigenvalue weighted by molar-refractivity contribution is 5.76. The molecule has 1 spiro atoms. The van der Waals surface area contributed by atoms with Crippen molar-refractivity contribution in [2.24, 2.45) is 0 Å². The van der Waals surface area contributed by atoms with E-state index in [2.05, 4.69) is 15.4 Å². The fourth-order valence-corrected chi connectivity index (χ4v) is 3.32. The predicted octanol–water partition coefficient (Wildman–Crippen LogP) is 2.27. The van der Waals surface area contributed by atoms with Crippen molar-refractivity contribution >= 4 is 5.69 Å². The molecule has 0 bridgehead atoms. The highest BCUT2D eigenvalue weighted by Crippen LogP contribution is 2.44. The number of para-hydroxylation sites is 1. The van der Waals surface area contributed by atoms with Gasteiger partial charge in [-0.1, -0.05) is 12.1 Å². The molecule has 0 amide bonds. The Hall–Kier alpha value is -2.17. The Morgan fingerprint density at radius 3 is 2.80 bits per heavy atom. The van der Waals surface area contributed by atoms with Crippen molar-refractivity contribution in [3.63, 3.8) is 0 Å². The van der Waals surface area contributed by atoms with E-state index in [0.717, 1.165) is 24.1 Å². The van der Waals surface area contributed by atoms with Gasteiger partial charge in [-0.25, -0.2) is 4.68 Å². The molecule has 1 fully saturated rings. The van der Waals surface area contributed by atoms with Crippen molar-refractivity contribution in [1.29, 1.82) is 0 Å². The number of hydrogen-bond donors (Lipinski definition) is 1.